The van der Waals surface area contributed by atoms with E-state index in [2.05, 4.69) is 20.9 Å². The summed E-state index contributed by atoms with van der Waals surface area (Å²) in [5, 5.41) is 10.7. The second-order valence-corrected chi connectivity index (χ2v) is 13.3. The van der Waals surface area contributed by atoms with Crippen LogP contribution in [0.4, 0.5) is 15.2 Å². The van der Waals surface area contributed by atoms with E-state index in [-0.39, 0.29) is 17.2 Å². The Morgan fingerprint density at radius 3 is 2.24 bits per heavy atom. The smallest absolute Gasteiger partial charge is 0.272 e. The Labute approximate surface area is 301 Å². The van der Waals surface area contributed by atoms with Crippen molar-refractivity contribution in [2.24, 2.45) is 0 Å². The number of carbonyl (C=O) groups is 3. The fraction of sp³-hybridized carbons (Fsp3) is 0.0256. The van der Waals surface area contributed by atoms with Crippen molar-refractivity contribution in [1.29, 1.82) is 0 Å². The van der Waals surface area contributed by atoms with Gasteiger partial charge in [-0.25, -0.2) is 9.37 Å². The Morgan fingerprint density at radius 2 is 1.50 bits per heavy atom. The maximum Gasteiger partial charge on any atom is 0.272 e. The number of hydrogen-bond acceptors (Lipinski definition) is 6. The predicted molar refractivity (Wildman–Crippen MR) is 200 cm³/mol. The highest BCUT2D eigenvalue weighted by Crippen LogP contribution is 2.38. The topological polar surface area (TPSA) is 100 Å². The molecule has 6 aromatic rings. The first-order valence-electron chi connectivity index (χ1n) is 15.3. The predicted octanol–water partition coefficient (Wildman–Crippen LogP) is 9.48. The molecule has 0 radical (unpaired) electrons. The van der Waals surface area contributed by atoms with E-state index in [0.717, 1.165) is 16.8 Å². The van der Waals surface area contributed by atoms with Crippen LogP contribution in [0.25, 0.3) is 17.3 Å². The van der Waals surface area contributed by atoms with Crippen molar-refractivity contribution in [3.63, 3.8) is 0 Å². The lowest BCUT2D eigenvalue weighted by atomic mass is 10.1. The molecule has 0 aliphatic carbocycles. The van der Waals surface area contributed by atoms with Crippen LogP contribution in [0.1, 0.15) is 26.7 Å². The van der Waals surface area contributed by atoms with Gasteiger partial charge in [0.05, 0.1) is 5.69 Å². The molecule has 248 valence electrons. The van der Waals surface area contributed by atoms with Crippen molar-refractivity contribution >= 4 is 69.3 Å². The summed E-state index contributed by atoms with van der Waals surface area (Å²) in [5.74, 6) is -2.00. The molecule has 0 bridgehead atoms. The Hall–Kier alpha value is -5.55. The van der Waals surface area contributed by atoms with E-state index in [0.29, 0.717) is 26.3 Å². The molecule has 1 heterocycles. The van der Waals surface area contributed by atoms with E-state index in [1.54, 1.807) is 66.7 Å². The van der Waals surface area contributed by atoms with Gasteiger partial charge in [-0.05, 0) is 60.2 Å². The SMILES string of the molecule is O=C(Nc1cccc(SC(C(=O)Nc2nc(-c3ccc(Cl)cc3)cs2)c2ccccc2)c1)/C(=C/c1ccccc1F)NC(=O)c1ccccc1. The van der Waals surface area contributed by atoms with Gasteiger partial charge >= 0.3 is 0 Å². The highest BCUT2D eigenvalue weighted by molar-refractivity contribution is 8.00. The van der Waals surface area contributed by atoms with Crippen LogP contribution in [-0.2, 0) is 9.59 Å². The third kappa shape index (κ3) is 8.91. The average molecular weight is 719 g/mol. The average Bonchev–Trinajstić information content (AvgIpc) is 3.60. The molecule has 7 nitrogen and oxygen atoms in total. The number of anilines is 2. The molecule has 0 spiro atoms. The number of nitrogens with one attached hydrogen (secondary N) is 3. The highest BCUT2D eigenvalue weighted by Gasteiger charge is 2.24. The van der Waals surface area contributed by atoms with Gasteiger partial charge in [-0.15, -0.1) is 23.1 Å². The van der Waals surface area contributed by atoms with Gasteiger partial charge in [0, 0.05) is 37.7 Å². The second kappa shape index (κ2) is 16.2. The molecule has 3 amide bonds. The summed E-state index contributed by atoms with van der Waals surface area (Å²) in [4.78, 5) is 45.6. The molecule has 50 heavy (non-hydrogen) atoms. The van der Waals surface area contributed by atoms with Crippen molar-refractivity contribution in [3.05, 3.63) is 172 Å². The van der Waals surface area contributed by atoms with Gasteiger partial charge in [-0.2, -0.15) is 0 Å². The summed E-state index contributed by atoms with van der Waals surface area (Å²) in [6.45, 7) is 0. The van der Waals surface area contributed by atoms with Crippen LogP contribution in [0.3, 0.4) is 0 Å². The standard InChI is InChI=1S/C39H28ClFN4O3S2/c40-29-20-18-25(19-21-29)34-24-49-39(44-34)45-38(48)35(26-10-3-1-4-11-26)50-31-16-9-15-30(23-31)42-37(47)33(22-28-14-7-8-17-32(28)41)43-36(46)27-12-5-2-6-13-27/h1-24,35H,(H,42,47)(H,43,46)(H,44,45,48)/b33-22-. The molecule has 1 atom stereocenters. The number of aromatic nitrogens is 1. The zero-order valence-corrected chi connectivity index (χ0v) is 28.6. The van der Waals surface area contributed by atoms with Gasteiger partial charge in [-0.1, -0.05) is 96.5 Å². The summed E-state index contributed by atoms with van der Waals surface area (Å²) in [6.07, 6.45) is 1.29. The molecule has 1 unspecified atom stereocenters. The number of benzene rings is 5. The first kappa shape index (κ1) is 34.3. The Morgan fingerprint density at radius 1 is 0.800 bits per heavy atom. The minimum absolute atomic E-state index is 0.132. The molecule has 11 heteroatoms. The van der Waals surface area contributed by atoms with Crippen molar-refractivity contribution in [1.82, 2.24) is 10.3 Å². The van der Waals surface area contributed by atoms with Gasteiger partial charge in [0.15, 0.2) is 5.13 Å². The quantitative estimate of drug-likeness (QED) is 0.0916. The van der Waals surface area contributed by atoms with Gasteiger partial charge in [0.2, 0.25) is 5.91 Å². The molecule has 0 fully saturated rings. The molecule has 0 aliphatic rings. The third-order valence-electron chi connectivity index (χ3n) is 7.29. The number of hydrogen-bond donors (Lipinski definition) is 3. The van der Waals surface area contributed by atoms with Crippen LogP contribution >= 0.6 is 34.7 Å². The largest absolute Gasteiger partial charge is 0.321 e. The molecule has 6 rings (SSSR count). The van der Waals surface area contributed by atoms with Crippen LogP contribution in [0.2, 0.25) is 5.02 Å². The normalized spacial score (nSPS) is 11.8. The minimum Gasteiger partial charge on any atom is -0.321 e. The number of halogens is 2. The number of amides is 3. The van der Waals surface area contributed by atoms with Crippen molar-refractivity contribution in [2.45, 2.75) is 10.1 Å². The van der Waals surface area contributed by atoms with Crippen LogP contribution < -0.4 is 16.0 Å². The lowest BCUT2D eigenvalue weighted by Crippen LogP contribution is -2.30. The van der Waals surface area contributed by atoms with Crippen molar-refractivity contribution in [3.8, 4) is 11.3 Å². The number of thiazole rings is 1. The minimum atomic E-state index is -0.660. The van der Waals surface area contributed by atoms with Gasteiger partial charge in [0.1, 0.15) is 16.8 Å². The molecule has 1 aromatic heterocycles. The van der Waals surface area contributed by atoms with Crippen LogP contribution in [-0.4, -0.2) is 22.7 Å². The zero-order valence-electron chi connectivity index (χ0n) is 26.2. The Balaban J connectivity index is 1.21. The lowest BCUT2D eigenvalue weighted by molar-refractivity contribution is -0.116. The molecule has 0 saturated carbocycles. The third-order valence-corrected chi connectivity index (χ3v) is 9.55. The molecule has 0 aliphatic heterocycles. The van der Waals surface area contributed by atoms with Crippen molar-refractivity contribution in [2.75, 3.05) is 10.6 Å². The first-order valence-corrected chi connectivity index (χ1v) is 17.4. The molecule has 3 N–H and O–H groups in total. The molecule has 5 aromatic carbocycles. The monoisotopic (exact) mass is 718 g/mol. The Bertz CT molecular complexity index is 2160. The van der Waals surface area contributed by atoms with Gasteiger partial charge in [-0.3, -0.25) is 14.4 Å². The van der Waals surface area contributed by atoms with Crippen LogP contribution in [0, 0.1) is 5.82 Å². The van der Waals surface area contributed by atoms with Crippen molar-refractivity contribution < 1.29 is 18.8 Å². The number of thioether (sulfide) groups is 1. The highest BCUT2D eigenvalue weighted by atomic mass is 35.5. The summed E-state index contributed by atoms with van der Waals surface area (Å²) in [6, 6.07) is 38.0. The first-order chi connectivity index (χ1) is 24.3. The lowest BCUT2D eigenvalue weighted by Gasteiger charge is -2.17. The maximum atomic E-state index is 14.6. The van der Waals surface area contributed by atoms with Crippen LogP contribution in [0.15, 0.2) is 149 Å². The van der Waals surface area contributed by atoms with E-state index in [1.807, 2.05) is 53.9 Å². The van der Waals surface area contributed by atoms with Crippen LogP contribution in [0.5, 0.6) is 0 Å². The maximum absolute atomic E-state index is 14.6. The van der Waals surface area contributed by atoms with Gasteiger partial charge < -0.3 is 16.0 Å². The number of nitrogens with zero attached hydrogens (tertiary/aromatic N) is 1. The summed E-state index contributed by atoms with van der Waals surface area (Å²) < 4.78 is 14.6. The van der Waals surface area contributed by atoms with E-state index in [9.17, 15) is 18.8 Å². The fourth-order valence-corrected chi connectivity index (χ4v) is 6.76. The second-order valence-electron chi connectivity index (χ2n) is 10.8. The van der Waals surface area contributed by atoms with E-state index in [1.165, 1.54) is 47.4 Å². The van der Waals surface area contributed by atoms with Gasteiger partial charge in [0.25, 0.3) is 11.8 Å². The fourth-order valence-electron chi connectivity index (χ4n) is 4.83. The zero-order chi connectivity index (χ0) is 34.9. The number of carbonyl (C=O) groups excluding carboxylic acids is 3. The summed E-state index contributed by atoms with van der Waals surface area (Å²) >= 11 is 8.65. The van der Waals surface area contributed by atoms with E-state index in [4.69, 9.17) is 11.6 Å². The summed E-state index contributed by atoms with van der Waals surface area (Å²) in [5.41, 5.74) is 3.11. The van der Waals surface area contributed by atoms with E-state index < -0.39 is 22.9 Å². The molecular weight excluding hydrogens is 691 g/mol. The Kier molecular flexibility index (Phi) is 11.1. The number of rotatable bonds is 11. The molecular formula is C39H28ClFN4O3S2. The summed E-state index contributed by atoms with van der Waals surface area (Å²) in [7, 11) is 0. The van der Waals surface area contributed by atoms with E-state index >= 15 is 0 Å². The molecule has 0 saturated heterocycles.